The van der Waals surface area contributed by atoms with Crippen molar-refractivity contribution in [2.75, 3.05) is 18.5 Å². The predicted octanol–water partition coefficient (Wildman–Crippen LogP) is 4.35. The molecule has 2 fully saturated rings. The number of H-pyrrole nitrogens is 1. The lowest BCUT2D eigenvalue weighted by Gasteiger charge is -2.33. The average Bonchev–Trinajstić information content (AvgIpc) is 3.04. The molecule has 1 aromatic rings. The number of azo groups is 1. The summed E-state index contributed by atoms with van der Waals surface area (Å²) in [6.07, 6.45) is 16.1. The first-order valence-electron chi connectivity index (χ1n) is 11.3. The predicted molar refractivity (Wildman–Crippen MR) is 117 cm³/mol. The molecule has 1 aromatic heterocycles. The molecule has 156 valence electrons. The van der Waals surface area contributed by atoms with Crippen LogP contribution >= 0.6 is 11.6 Å². The second-order valence-electron chi connectivity index (χ2n) is 9.01. The number of fused-ring (bicyclic) bond motifs is 3. The Bertz CT molecular complexity index is 933. The van der Waals surface area contributed by atoms with Gasteiger partial charge in [-0.1, -0.05) is 30.9 Å². The summed E-state index contributed by atoms with van der Waals surface area (Å²) in [5, 5.41) is 12.2. The second kappa shape index (κ2) is 8.27. The Morgan fingerprint density at radius 1 is 1.07 bits per heavy atom. The number of aromatic amines is 1. The van der Waals surface area contributed by atoms with Gasteiger partial charge in [0.2, 0.25) is 0 Å². The average molecular weight is 415 g/mol. The van der Waals surface area contributed by atoms with E-state index in [2.05, 4.69) is 27.2 Å². The fourth-order valence-corrected chi connectivity index (χ4v) is 5.62. The third-order valence-corrected chi connectivity index (χ3v) is 7.25. The van der Waals surface area contributed by atoms with E-state index in [0.29, 0.717) is 24.7 Å². The van der Waals surface area contributed by atoms with Crippen molar-refractivity contribution in [2.24, 2.45) is 16.1 Å². The normalized spacial score (nSPS) is 27.7. The second-order valence-corrected chi connectivity index (χ2v) is 9.45. The number of allylic oxidation sites excluding steroid dienone is 1. The summed E-state index contributed by atoms with van der Waals surface area (Å²) < 4.78 is 6.44. The molecular formula is C23H31ClN4O. The minimum Gasteiger partial charge on any atom is -0.375 e. The zero-order chi connectivity index (χ0) is 19.8. The molecule has 5 rings (SSSR count). The fraction of sp³-hybridized carbons (Fsp3) is 0.652. The molecule has 0 aromatic carbocycles. The quantitative estimate of drug-likeness (QED) is 0.799. The van der Waals surface area contributed by atoms with Gasteiger partial charge in [-0.2, -0.15) is 10.2 Å². The summed E-state index contributed by atoms with van der Waals surface area (Å²) >= 11 is 6.35. The highest BCUT2D eigenvalue weighted by atomic mass is 35.5. The van der Waals surface area contributed by atoms with Crippen molar-refractivity contribution in [1.82, 2.24) is 4.98 Å². The summed E-state index contributed by atoms with van der Waals surface area (Å²) in [6.45, 7) is 1.45. The molecule has 2 saturated carbocycles. The van der Waals surface area contributed by atoms with Gasteiger partial charge in [0.1, 0.15) is 0 Å². The van der Waals surface area contributed by atoms with Gasteiger partial charge in [0.15, 0.2) is 0 Å². The Balaban J connectivity index is 1.37. The first-order chi connectivity index (χ1) is 14.2. The van der Waals surface area contributed by atoms with E-state index in [4.69, 9.17) is 16.3 Å². The topological polar surface area (TPSA) is 53.0 Å². The van der Waals surface area contributed by atoms with Crippen LogP contribution in [0.3, 0.4) is 0 Å². The van der Waals surface area contributed by atoms with Gasteiger partial charge in [0.05, 0.1) is 40.8 Å². The van der Waals surface area contributed by atoms with Gasteiger partial charge >= 0.3 is 0 Å². The zero-order valence-corrected chi connectivity index (χ0v) is 18.0. The van der Waals surface area contributed by atoms with E-state index in [1.807, 2.05) is 12.2 Å². The monoisotopic (exact) mass is 414 g/mol. The summed E-state index contributed by atoms with van der Waals surface area (Å²) in [5.41, 5.74) is 3.62. The number of ether oxygens (including phenoxy) is 1. The Labute approximate surface area is 177 Å². The van der Waals surface area contributed by atoms with E-state index in [1.54, 1.807) is 0 Å². The molecule has 4 aliphatic rings. The fourth-order valence-electron chi connectivity index (χ4n) is 5.44. The van der Waals surface area contributed by atoms with Crippen molar-refractivity contribution in [3.05, 3.63) is 27.4 Å². The summed E-state index contributed by atoms with van der Waals surface area (Å²) in [5.74, 6) is 0.461. The van der Waals surface area contributed by atoms with E-state index in [1.165, 1.54) is 48.7 Å². The Morgan fingerprint density at radius 2 is 1.83 bits per heavy atom. The van der Waals surface area contributed by atoms with Crippen molar-refractivity contribution < 1.29 is 4.74 Å². The molecule has 6 heteroatoms. The van der Waals surface area contributed by atoms with Gasteiger partial charge < -0.3 is 14.6 Å². The van der Waals surface area contributed by atoms with Gasteiger partial charge in [-0.05, 0) is 50.7 Å². The summed E-state index contributed by atoms with van der Waals surface area (Å²) in [6, 6.07) is 0. The van der Waals surface area contributed by atoms with Crippen molar-refractivity contribution in [2.45, 2.75) is 76.5 Å². The van der Waals surface area contributed by atoms with Crippen LogP contribution in [0.5, 0.6) is 0 Å². The van der Waals surface area contributed by atoms with Gasteiger partial charge in [-0.25, -0.2) is 0 Å². The lowest BCUT2D eigenvalue weighted by atomic mass is 9.84. The van der Waals surface area contributed by atoms with Crippen molar-refractivity contribution in [1.29, 1.82) is 0 Å². The van der Waals surface area contributed by atoms with E-state index in [9.17, 15) is 0 Å². The van der Waals surface area contributed by atoms with Gasteiger partial charge in [-0.3, -0.25) is 0 Å². The molecule has 3 heterocycles. The molecule has 0 bridgehead atoms. The third-order valence-electron chi connectivity index (χ3n) is 6.99. The number of anilines is 1. The molecular weight excluding hydrogens is 384 g/mol. The standard InChI is InChI=1S/C23H31ClN4O/c1-28-12-11-16(24)13-20-23(28)19-14-25-27-21(22(19)26-20)15-7-9-18(10-8-15)29-17-5-3-2-4-6-17/h11,13,15,17-18,26H,2-10,12,14H2,1H3. The van der Waals surface area contributed by atoms with Crippen molar-refractivity contribution in [3.63, 3.8) is 0 Å². The number of nitrogens with one attached hydrogen (secondary N) is 1. The Hall–Kier alpha value is -1.59. The largest absolute Gasteiger partial charge is 0.375 e. The number of nitrogens with zero attached hydrogens (tertiary/aromatic N) is 3. The maximum Gasteiger partial charge on any atom is 0.0895 e. The van der Waals surface area contributed by atoms with Gasteiger partial charge in [0.25, 0.3) is 0 Å². The van der Waals surface area contributed by atoms with Crippen LogP contribution < -0.4 is 15.6 Å². The smallest absolute Gasteiger partial charge is 0.0895 e. The highest BCUT2D eigenvalue weighted by molar-refractivity contribution is 6.34. The Kier molecular flexibility index (Phi) is 5.53. The summed E-state index contributed by atoms with van der Waals surface area (Å²) in [7, 11) is 2.12. The third kappa shape index (κ3) is 3.91. The van der Waals surface area contributed by atoms with E-state index >= 15 is 0 Å². The molecule has 0 atom stereocenters. The SMILES string of the molecule is CN1CC=C(Cl)C=c2[nH]c3c(c21)CN=NC=3C1CCC(OC2CCCCC2)CC1. The molecule has 0 saturated heterocycles. The molecule has 5 nitrogen and oxygen atoms in total. The highest BCUT2D eigenvalue weighted by Gasteiger charge is 2.30. The first-order valence-corrected chi connectivity index (χ1v) is 11.6. The number of likely N-dealkylation sites (N-methyl/N-ethyl adjacent to an activating group) is 1. The number of hydrogen-bond donors (Lipinski definition) is 1. The lowest BCUT2D eigenvalue weighted by molar-refractivity contribution is -0.0482. The van der Waals surface area contributed by atoms with Crippen LogP contribution in [0.1, 0.15) is 63.4 Å². The van der Waals surface area contributed by atoms with Crippen LogP contribution in [0.25, 0.3) is 11.8 Å². The number of rotatable bonds is 3. The van der Waals surface area contributed by atoms with Crippen LogP contribution in [0.4, 0.5) is 5.69 Å². The van der Waals surface area contributed by atoms with E-state index in [0.717, 1.165) is 48.3 Å². The van der Waals surface area contributed by atoms with Crippen LogP contribution in [0.2, 0.25) is 0 Å². The maximum atomic E-state index is 6.44. The van der Waals surface area contributed by atoms with Crippen LogP contribution in [-0.4, -0.2) is 30.8 Å². The first kappa shape index (κ1) is 19.4. The van der Waals surface area contributed by atoms with Gasteiger partial charge in [0, 0.05) is 30.1 Å². The van der Waals surface area contributed by atoms with E-state index in [-0.39, 0.29) is 0 Å². The maximum absolute atomic E-state index is 6.44. The molecule has 2 aliphatic heterocycles. The minimum absolute atomic E-state index is 0.429. The molecule has 2 aliphatic carbocycles. The van der Waals surface area contributed by atoms with Crippen LogP contribution in [0.15, 0.2) is 21.3 Å². The summed E-state index contributed by atoms with van der Waals surface area (Å²) in [4.78, 5) is 5.89. The molecule has 0 amide bonds. The molecule has 0 spiro atoms. The number of halogens is 1. The minimum atomic E-state index is 0.429. The van der Waals surface area contributed by atoms with Gasteiger partial charge in [-0.15, -0.1) is 0 Å². The Morgan fingerprint density at radius 3 is 2.62 bits per heavy atom. The number of aromatic nitrogens is 1. The number of hydrogen-bond acceptors (Lipinski definition) is 4. The highest BCUT2D eigenvalue weighted by Crippen LogP contribution is 2.35. The van der Waals surface area contributed by atoms with Crippen molar-refractivity contribution >= 4 is 29.1 Å². The van der Waals surface area contributed by atoms with E-state index < -0.39 is 0 Å². The molecule has 0 radical (unpaired) electrons. The molecule has 29 heavy (non-hydrogen) atoms. The van der Waals surface area contributed by atoms with Crippen molar-refractivity contribution in [3.8, 4) is 0 Å². The van der Waals surface area contributed by atoms with Crippen LogP contribution in [0, 0.1) is 5.92 Å². The lowest BCUT2D eigenvalue weighted by Crippen LogP contribution is -2.30. The molecule has 0 unspecified atom stereocenters. The van der Waals surface area contributed by atoms with Crippen LogP contribution in [-0.2, 0) is 11.3 Å². The molecule has 1 N–H and O–H groups in total. The zero-order valence-electron chi connectivity index (χ0n) is 17.3.